The van der Waals surface area contributed by atoms with Crippen LogP contribution in [0.5, 0.6) is 0 Å². The van der Waals surface area contributed by atoms with Crippen LogP contribution in [-0.4, -0.2) is 47.9 Å². The molecule has 132 valence electrons. The van der Waals surface area contributed by atoms with E-state index in [2.05, 4.69) is 5.32 Å². The minimum atomic E-state index is -0.108. The van der Waals surface area contributed by atoms with E-state index >= 15 is 0 Å². The van der Waals surface area contributed by atoms with Crippen molar-refractivity contribution in [1.82, 2.24) is 15.1 Å². The van der Waals surface area contributed by atoms with E-state index in [4.69, 9.17) is 0 Å². The number of carbonyl (C=O) groups is 2. The summed E-state index contributed by atoms with van der Waals surface area (Å²) in [6.45, 7) is 9.23. The molecule has 3 amide bonds. The summed E-state index contributed by atoms with van der Waals surface area (Å²) < 4.78 is 0. The van der Waals surface area contributed by atoms with Gasteiger partial charge in [0.25, 0.3) is 0 Å². The van der Waals surface area contributed by atoms with Crippen LogP contribution in [-0.2, 0) is 11.3 Å². The van der Waals surface area contributed by atoms with Gasteiger partial charge in [-0.15, -0.1) is 0 Å². The van der Waals surface area contributed by atoms with Crippen LogP contribution in [0.2, 0.25) is 0 Å². The molecule has 1 atom stereocenters. The van der Waals surface area contributed by atoms with Gasteiger partial charge in [0.05, 0.1) is 5.92 Å². The minimum absolute atomic E-state index is 0.0487. The van der Waals surface area contributed by atoms with Crippen molar-refractivity contribution in [2.24, 2.45) is 5.92 Å². The Morgan fingerprint density at radius 2 is 1.88 bits per heavy atom. The number of amides is 3. The fourth-order valence-electron chi connectivity index (χ4n) is 3.10. The first-order valence-corrected chi connectivity index (χ1v) is 8.92. The lowest BCUT2D eigenvalue weighted by molar-refractivity contribution is -0.126. The maximum atomic E-state index is 12.5. The molecule has 24 heavy (non-hydrogen) atoms. The number of hydrogen-bond acceptors (Lipinski definition) is 2. The molecule has 0 bridgehead atoms. The van der Waals surface area contributed by atoms with Crippen LogP contribution in [0.1, 0.15) is 37.8 Å². The third-order valence-electron chi connectivity index (χ3n) is 4.68. The maximum Gasteiger partial charge on any atom is 0.320 e. The number of hydrogen-bond donors (Lipinski definition) is 1. The molecule has 2 rings (SSSR count). The summed E-state index contributed by atoms with van der Waals surface area (Å²) in [5.41, 5.74) is 2.31. The summed E-state index contributed by atoms with van der Waals surface area (Å²) in [4.78, 5) is 28.6. The van der Waals surface area contributed by atoms with E-state index in [9.17, 15) is 9.59 Å². The Balaban J connectivity index is 1.87. The smallest absolute Gasteiger partial charge is 0.320 e. The van der Waals surface area contributed by atoms with E-state index in [0.717, 1.165) is 24.9 Å². The third-order valence-corrected chi connectivity index (χ3v) is 4.68. The predicted molar refractivity (Wildman–Crippen MR) is 95.6 cm³/mol. The van der Waals surface area contributed by atoms with E-state index in [1.165, 1.54) is 5.56 Å². The minimum Gasteiger partial charge on any atom is -0.352 e. The van der Waals surface area contributed by atoms with Crippen LogP contribution in [0.3, 0.4) is 0 Å². The van der Waals surface area contributed by atoms with Crippen molar-refractivity contribution in [2.75, 3.05) is 26.2 Å². The lowest BCUT2D eigenvalue weighted by atomic mass is 9.97. The van der Waals surface area contributed by atoms with Crippen molar-refractivity contribution in [3.8, 4) is 0 Å². The molecule has 0 saturated carbocycles. The molecule has 1 heterocycles. The van der Waals surface area contributed by atoms with Crippen LogP contribution >= 0.6 is 0 Å². The lowest BCUT2D eigenvalue weighted by Gasteiger charge is -2.35. The van der Waals surface area contributed by atoms with Crippen molar-refractivity contribution in [3.05, 3.63) is 35.4 Å². The van der Waals surface area contributed by atoms with Crippen molar-refractivity contribution in [3.63, 3.8) is 0 Å². The highest BCUT2D eigenvalue weighted by molar-refractivity contribution is 5.80. The van der Waals surface area contributed by atoms with Gasteiger partial charge in [-0.05, 0) is 39.2 Å². The quantitative estimate of drug-likeness (QED) is 0.902. The van der Waals surface area contributed by atoms with Crippen LogP contribution < -0.4 is 5.32 Å². The number of nitrogens with zero attached hydrogens (tertiary/aromatic N) is 2. The zero-order valence-corrected chi connectivity index (χ0v) is 15.0. The first-order valence-electron chi connectivity index (χ1n) is 8.92. The van der Waals surface area contributed by atoms with Gasteiger partial charge < -0.3 is 15.1 Å². The fourth-order valence-corrected chi connectivity index (χ4v) is 3.10. The number of carbonyl (C=O) groups excluding carboxylic acids is 2. The summed E-state index contributed by atoms with van der Waals surface area (Å²) in [5.74, 6) is -0.0590. The van der Waals surface area contributed by atoms with Gasteiger partial charge in [-0.3, -0.25) is 4.79 Å². The van der Waals surface area contributed by atoms with E-state index in [1.807, 2.05) is 54.8 Å². The standard InChI is InChI=1S/C19H29N3O2/c1-4-21(5-2)19(24)22-12-6-7-17(14-22)18(23)20-13-16-10-8-15(3)9-11-16/h8-11,17H,4-7,12-14H2,1-3H3,(H,20,23)/t17-/m1/s1. The molecule has 1 saturated heterocycles. The summed E-state index contributed by atoms with van der Waals surface area (Å²) in [5, 5.41) is 3.01. The fraction of sp³-hybridized carbons (Fsp3) is 0.579. The van der Waals surface area contributed by atoms with Gasteiger partial charge >= 0.3 is 6.03 Å². The highest BCUT2D eigenvalue weighted by atomic mass is 16.2. The normalized spacial score (nSPS) is 17.5. The van der Waals surface area contributed by atoms with Crippen molar-refractivity contribution in [1.29, 1.82) is 0 Å². The Hall–Kier alpha value is -2.04. The zero-order valence-electron chi connectivity index (χ0n) is 15.0. The summed E-state index contributed by atoms with van der Waals surface area (Å²) in [7, 11) is 0. The Morgan fingerprint density at radius 1 is 1.21 bits per heavy atom. The number of benzene rings is 1. The summed E-state index contributed by atoms with van der Waals surface area (Å²) in [6.07, 6.45) is 1.73. The highest BCUT2D eigenvalue weighted by Gasteiger charge is 2.29. The molecule has 1 aromatic rings. The van der Waals surface area contributed by atoms with Gasteiger partial charge in [0.2, 0.25) is 5.91 Å². The Labute approximate surface area is 145 Å². The molecular weight excluding hydrogens is 302 g/mol. The molecule has 1 aliphatic rings. The SMILES string of the molecule is CCN(CC)C(=O)N1CCC[C@@H](C(=O)NCc2ccc(C)cc2)C1. The largest absolute Gasteiger partial charge is 0.352 e. The van der Waals surface area contributed by atoms with Gasteiger partial charge in [-0.25, -0.2) is 4.79 Å². The molecule has 5 heteroatoms. The number of likely N-dealkylation sites (tertiary alicyclic amines) is 1. The molecule has 0 unspecified atom stereocenters. The molecule has 5 nitrogen and oxygen atoms in total. The maximum absolute atomic E-state index is 12.5. The number of rotatable bonds is 5. The van der Waals surface area contributed by atoms with E-state index < -0.39 is 0 Å². The second-order valence-electron chi connectivity index (χ2n) is 6.44. The Kier molecular flexibility index (Phi) is 6.64. The van der Waals surface area contributed by atoms with Crippen LogP contribution in [0.4, 0.5) is 4.79 Å². The first-order chi connectivity index (χ1) is 11.5. The third kappa shape index (κ3) is 4.73. The topological polar surface area (TPSA) is 52.7 Å². The van der Waals surface area contributed by atoms with Gasteiger partial charge in [0.15, 0.2) is 0 Å². The molecule has 0 aliphatic carbocycles. The Morgan fingerprint density at radius 3 is 2.50 bits per heavy atom. The van der Waals surface area contributed by atoms with Gasteiger partial charge in [0.1, 0.15) is 0 Å². The highest BCUT2D eigenvalue weighted by Crippen LogP contribution is 2.18. The number of aryl methyl sites for hydroxylation is 1. The number of urea groups is 1. The molecule has 1 aromatic carbocycles. The first kappa shape index (κ1) is 18.3. The van der Waals surface area contributed by atoms with Crippen LogP contribution in [0.25, 0.3) is 0 Å². The van der Waals surface area contributed by atoms with Gasteiger partial charge in [0, 0.05) is 32.7 Å². The van der Waals surface area contributed by atoms with Gasteiger partial charge in [-0.2, -0.15) is 0 Å². The predicted octanol–water partition coefficient (Wildman–Crippen LogP) is 2.79. The van der Waals surface area contributed by atoms with Crippen molar-refractivity contribution >= 4 is 11.9 Å². The van der Waals surface area contributed by atoms with Crippen molar-refractivity contribution in [2.45, 2.75) is 40.2 Å². The van der Waals surface area contributed by atoms with Crippen LogP contribution in [0, 0.1) is 12.8 Å². The van der Waals surface area contributed by atoms with Crippen LogP contribution in [0.15, 0.2) is 24.3 Å². The average Bonchev–Trinajstić information content (AvgIpc) is 2.62. The second kappa shape index (κ2) is 8.71. The average molecular weight is 331 g/mol. The molecule has 0 spiro atoms. The molecule has 1 aliphatic heterocycles. The molecular formula is C19H29N3O2. The summed E-state index contributed by atoms with van der Waals surface area (Å²) >= 11 is 0. The Bertz CT molecular complexity index is 552. The monoisotopic (exact) mass is 331 g/mol. The van der Waals surface area contributed by atoms with E-state index in [0.29, 0.717) is 26.2 Å². The molecule has 1 fully saturated rings. The van der Waals surface area contributed by atoms with Crippen molar-refractivity contribution < 1.29 is 9.59 Å². The number of piperidine rings is 1. The molecule has 0 radical (unpaired) electrons. The second-order valence-corrected chi connectivity index (χ2v) is 6.44. The van der Waals surface area contributed by atoms with E-state index in [-0.39, 0.29) is 17.9 Å². The summed E-state index contributed by atoms with van der Waals surface area (Å²) in [6, 6.07) is 8.22. The molecule has 1 N–H and O–H groups in total. The zero-order chi connectivity index (χ0) is 17.5. The number of nitrogens with one attached hydrogen (secondary N) is 1. The van der Waals surface area contributed by atoms with Gasteiger partial charge in [-0.1, -0.05) is 29.8 Å². The lowest BCUT2D eigenvalue weighted by Crippen LogP contribution is -2.50. The van der Waals surface area contributed by atoms with E-state index in [1.54, 1.807) is 0 Å². The molecule has 0 aromatic heterocycles.